The highest BCUT2D eigenvalue weighted by atomic mass is 35.5. The first-order valence-corrected chi connectivity index (χ1v) is 10.9. The maximum absolute atomic E-state index is 13.0. The van der Waals surface area contributed by atoms with E-state index in [1.807, 2.05) is 0 Å². The molecule has 2 heterocycles. The van der Waals surface area contributed by atoms with Crippen LogP contribution in [0.1, 0.15) is 22.8 Å². The number of carboxylic acid groups (broad SMARTS) is 1. The summed E-state index contributed by atoms with van der Waals surface area (Å²) < 4.78 is 8.13. The van der Waals surface area contributed by atoms with Crippen molar-refractivity contribution in [2.75, 3.05) is 0 Å². The molecule has 0 aliphatic heterocycles. The molecule has 178 valence electrons. The number of aromatic nitrogens is 4. The van der Waals surface area contributed by atoms with Crippen molar-refractivity contribution in [3.8, 4) is 11.5 Å². The number of benzene rings is 2. The van der Waals surface area contributed by atoms with Crippen LogP contribution in [0, 0.1) is 0 Å². The van der Waals surface area contributed by atoms with E-state index in [2.05, 4.69) is 15.0 Å². The van der Waals surface area contributed by atoms with Crippen LogP contribution in [0.4, 0.5) is 5.69 Å². The standard InChI is InChI=1S/C24H20ClN5O5/c1-2-29-23(33)28-22(30(24(29)34)14-15-3-5-17(25)6-4-15)27-18-7-9-19(10-8-18)35-20-11-16(21(31)32)12-26-13-20/h3-13H,2,14H2,1H3,(H,31,32)(H,27,28,33). The molecule has 0 unspecified atom stereocenters. The number of H-pyrrole nitrogens is 1. The molecule has 2 aromatic carbocycles. The molecule has 0 aliphatic rings. The normalized spacial score (nSPS) is 11.4. The molecule has 0 aliphatic carbocycles. The summed E-state index contributed by atoms with van der Waals surface area (Å²) in [6.45, 7) is 2.10. The van der Waals surface area contributed by atoms with E-state index in [-0.39, 0.29) is 30.0 Å². The molecule has 11 heteroatoms. The molecule has 35 heavy (non-hydrogen) atoms. The van der Waals surface area contributed by atoms with E-state index in [0.717, 1.165) is 10.1 Å². The Bertz CT molecular complexity index is 1550. The number of carbonyl (C=O) groups is 1. The lowest BCUT2D eigenvalue weighted by atomic mass is 10.2. The summed E-state index contributed by atoms with van der Waals surface area (Å²) in [5.74, 6) is -0.414. The quantitative estimate of drug-likeness (QED) is 0.406. The van der Waals surface area contributed by atoms with Gasteiger partial charge in [0.05, 0.1) is 24.0 Å². The highest BCUT2D eigenvalue weighted by molar-refractivity contribution is 6.30. The van der Waals surface area contributed by atoms with Crippen molar-refractivity contribution in [3.63, 3.8) is 0 Å². The number of hydrogen-bond acceptors (Lipinski definition) is 6. The fourth-order valence-corrected chi connectivity index (χ4v) is 3.40. The average molecular weight is 494 g/mol. The molecule has 2 N–H and O–H groups in total. The maximum atomic E-state index is 13.0. The molecule has 0 radical (unpaired) electrons. The summed E-state index contributed by atoms with van der Waals surface area (Å²) in [4.78, 5) is 47.5. The van der Waals surface area contributed by atoms with Gasteiger partial charge in [-0.25, -0.2) is 23.9 Å². The van der Waals surface area contributed by atoms with Crippen LogP contribution in [0.2, 0.25) is 5.02 Å². The van der Waals surface area contributed by atoms with Crippen LogP contribution in [0.25, 0.3) is 0 Å². The van der Waals surface area contributed by atoms with Crippen molar-refractivity contribution in [2.45, 2.75) is 20.0 Å². The molecule has 4 aromatic rings. The zero-order valence-electron chi connectivity index (χ0n) is 18.5. The van der Waals surface area contributed by atoms with E-state index >= 15 is 0 Å². The van der Waals surface area contributed by atoms with Gasteiger partial charge in [-0.2, -0.15) is 0 Å². The zero-order valence-corrected chi connectivity index (χ0v) is 19.3. The molecule has 0 amide bonds. The fourth-order valence-electron chi connectivity index (χ4n) is 3.27. The molecular weight excluding hydrogens is 474 g/mol. The van der Waals surface area contributed by atoms with Crippen LogP contribution in [-0.4, -0.2) is 30.2 Å². The monoisotopic (exact) mass is 493 g/mol. The zero-order chi connectivity index (χ0) is 24.9. The Morgan fingerprint density at radius 1 is 1.06 bits per heavy atom. The minimum absolute atomic E-state index is 0.00475. The van der Waals surface area contributed by atoms with Crippen LogP contribution in [-0.2, 0) is 13.1 Å². The number of aromatic amines is 1. The predicted octanol–water partition coefficient (Wildman–Crippen LogP) is 3.18. The largest absolute Gasteiger partial charge is 0.478 e. The number of nitrogens with zero attached hydrogens (tertiary/aromatic N) is 4. The Hall–Kier alpha value is -4.44. The van der Waals surface area contributed by atoms with Gasteiger partial charge in [-0.15, -0.1) is 0 Å². The Kier molecular flexibility index (Phi) is 6.93. The molecule has 0 fully saturated rings. The summed E-state index contributed by atoms with van der Waals surface area (Å²) in [5.41, 5.74) is 0.314. The van der Waals surface area contributed by atoms with Crippen LogP contribution >= 0.6 is 11.6 Å². The van der Waals surface area contributed by atoms with Gasteiger partial charge in [0.1, 0.15) is 11.5 Å². The summed E-state index contributed by atoms with van der Waals surface area (Å²) in [6.07, 6.45) is 2.63. The third-order valence-electron chi connectivity index (χ3n) is 5.02. The molecule has 0 atom stereocenters. The van der Waals surface area contributed by atoms with Crippen molar-refractivity contribution in [1.82, 2.24) is 19.1 Å². The van der Waals surface area contributed by atoms with E-state index in [1.54, 1.807) is 55.5 Å². The van der Waals surface area contributed by atoms with Crippen molar-refractivity contribution < 1.29 is 14.6 Å². The van der Waals surface area contributed by atoms with Gasteiger partial charge >= 0.3 is 17.3 Å². The highest BCUT2D eigenvalue weighted by Gasteiger charge is 2.09. The maximum Gasteiger partial charge on any atom is 0.337 e. The van der Waals surface area contributed by atoms with E-state index < -0.39 is 17.3 Å². The molecule has 4 rings (SSSR count). The molecule has 0 spiro atoms. The third kappa shape index (κ3) is 5.56. The van der Waals surface area contributed by atoms with Crippen LogP contribution in [0.3, 0.4) is 0 Å². The minimum atomic E-state index is -1.11. The Morgan fingerprint density at radius 2 is 1.77 bits per heavy atom. The lowest BCUT2D eigenvalue weighted by molar-refractivity contribution is 0.0696. The van der Waals surface area contributed by atoms with Gasteiger partial charge in [-0.3, -0.25) is 14.5 Å². The molecule has 0 saturated heterocycles. The van der Waals surface area contributed by atoms with Gasteiger partial charge < -0.3 is 9.84 Å². The average Bonchev–Trinajstić information content (AvgIpc) is 2.84. The van der Waals surface area contributed by atoms with E-state index in [9.17, 15) is 14.4 Å². The third-order valence-corrected chi connectivity index (χ3v) is 5.27. The highest BCUT2D eigenvalue weighted by Crippen LogP contribution is 2.24. The van der Waals surface area contributed by atoms with Crippen molar-refractivity contribution in [1.29, 1.82) is 0 Å². The molecule has 0 saturated carbocycles. The van der Waals surface area contributed by atoms with Crippen LogP contribution < -0.4 is 21.7 Å². The van der Waals surface area contributed by atoms with Crippen molar-refractivity contribution in [3.05, 3.63) is 110 Å². The van der Waals surface area contributed by atoms with Gasteiger partial charge in [-0.1, -0.05) is 23.7 Å². The van der Waals surface area contributed by atoms with Crippen molar-refractivity contribution >= 4 is 23.3 Å². The first-order valence-electron chi connectivity index (χ1n) is 10.5. The second-order valence-corrected chi connectivity index (χ2v) is 7.85. The lowest BCUT2D eigenvalue weighted by Crippen LogP contribution is -2.49. The number of carboxylic acids is 1. The second kappa shape index (κ2) is 10.2. The Balaban J connectivity index is 1.68. The first-order chi connectivity index (χ1) is 16.8. The summed E-state index contributed by atoms with van der Waals surface area (Å²) in [5, 5.41) is 9.66. The van der Waals surface area contributed by atoms with E-state index in [1.165, 1.54) is 23.0 Å². The molecule has 10 nitrogen and oxygen atoms in total. The summed E-state index contributed by atoms with van der Waals surface area (Å²) >= 11 is 5.96. The van der Waals surface area contributed by atoms with Gasteiger partial charge in [0, 0.05) is 17.8 Å². The van der Waals surface area contributed by atoms with E-state index in [4.69, 9.17) is 21.4 Å². The number of hydrogen-bond donors (Lipinski definition) is 2. The first kappa shape index (κ1) is 23.7. The second-order valence-electron chi connectivity index (χ2n) is 7.42. The van der Waals surface area contributed by atoms with Crippen molar-refractivity contribution in [2.24, 2.45) is 4.99 Å². The van der Waals surface area contributed by atoms with Gasteiger partial charge in [0.25, 0.3) is 0 Å². The SMILES string of the molecule is CCn1c(=O)[nH]/c(=N\c2ccc(Oc3cncc(C(=O)O)c3)cc2)n(Cc2ccc(Cl)cc2)c1=O. The predicted molar refractivity (Wildman–Crippen MR) is 128 cm³/mol. The number of pyridine rings is 1. The fraction of sp³-hybridized carbons (Fsp3) is 0.125. The Labute approximate surface area is 203 Å². The van der Waals surface area contributed by atoms with E-state index in [0.29, 0.717) is 16.5 Å². The number of aromatic carboxylic acids is 1. The van der Waals surface area contributed by atoms with Gasteiger partial charge in [-0.05, 0) is 55.0 Å². The lowest BCUT2D eigenvalue weighted by Gasteiger charge is -2.10. The number of halogens is 1. The smallest absolute Gasteiger partial charge is 0.337 e. The minimum Gasteiger partial charge on any atom is -0.478 e. The molecular formula is C24H20ClN5O5. The molecule has 2 aromatic heterocycles. The topological polar surface area (TPSA) is 132 Å². The summed E-state index contributed by atoms with van der Waals surface area (Å²) in [6, 6.07) is 14.9. The number of rotatable bonds is 7. The number of ether oxygens (including phenoxy) is 1. The summed E-state index contributed by atoms with van der Waals surface area (Å²) in [7, 11) is 0. The molecule has 0 bridgehead atoms. The van der Waals surface area contributed by atoms with Crippen LogP contribution in [0.15, 0.2) is 81.6 Å². The number of nitrogens with one attached hydrogen (secondary N) is 1. The van der Waals surface area contributed by atoms with Gasteiger partial charge in [0.2, 0.25) is 5.62 Å². The van der Waals surface area contributed by atoms with Crippen LogP contribution in [0.5, 0.6) is 11.5 Å². The Morgan fingerprint density at radius 3 is 2.43 bits per heavy atom. The van der Waals surface area contributed by atoms with Gasteiger partial charge in [0.15, 0.2) is 0 Å².